The molecule has 1 nitrogen and oxygen atoms in total. The highest BCUT2D eigenvalue weighted by atomic mass is 35.5. The summed E-state index contributed by atoms with van der Waals surface area (Å²) >= 11 is 6.14. The highest BCUT2D eigenvalue weighted by Crippen LogP contribution is 2.24. The van der Waals surface area contributed by atoms with Gasteiger partial charge in [-0.3, -0.25) is 0 Å². The molecule has 1 aliphatic heterocycles. The first-order valence-electron chi connectivity index (χ1n) is 4.56. The first kappa shape index (κ1) is 9.34. The summed E-state index contributed by atoms with van der Waals surface area (Å²) in [5, 5.41) is 0.371. The lowest BCUT2D eigenvalue weighted by Crippen LogP contribution is -2.27. The summed E-state index contributed by atoms with van der Waals surface area (Å²) < 4.78 is 5.37. The minimum atomic E-state index is 0.371. The van der Waals surface area contributed by atoms with Crippen molar-refractivity contribution in [2.75, 3.05) is 13.2 Å². The van der Waals surface area contributed by atoms with Gasteiger partial charge in [-0.25, -0.2) is 0 Å². The van der Waals surface area contributed by atoms with Gasteiger partial charge in [0, 0.05) is 12.0 Å². The number of unbranched alkanes of at least 4 members (excludes halogenated alkanes) is 1. The quantitative estimate of drug-likeness (QED) is 0.601. The van der Waals surface area contributed by atoms with Gasteiger partial charge in [-0.15, -0.1) is 11.6 Å². The van der Waals surface area contributed by atoms with Crippen LogP contribution in [0.2, 0.25) is 0 Å². The third kappa shape index (κ3) is 3.00. The smallest absolute Gasteiger partial charge is 0.0508 e. The van der Waals surface area contributed by atoms with E-state index in [1.165, 1.54) is 19.3 Å². The molecule has 1 heterocycles. The van der Waals surface area contributed by atoms with Crippen LogP contribution in [-0.4, -0.2) is 18.6 Å². The second kappa shape index (κ2) is 5.00. The first-order chi connectivity index (χ1) is 5.34. The Morgan fingerprint density at radius 2 is 2.36 bits per heavy atom. The average molecular weight is 177 g/mol. The van der Waals surface area contributed by atoms with Crippen molar-refractivity contribution in [3.05, 3.63) is 0 Å². The zero-order valence-corrected chi connectivity index (χ0v) is 7.94. The Morgan fingerprint density at radius 3 is 3.00 bits per heavy atom. The van der Waals surface area contributed by atoms with E-state index in [1.807, 2.05) is 0 Å². The standard InChI is InChI=1S/C9H17ClO/c1-2-3-4-8-7-11-6-5-9(8)10/h8-9H,2-7H2,1H3/t8-,9-/m1/s1. The van der Waals surface area contributed by atoms with Gasteiger partial charge in [0.2, 0.25) is 0 Å². The topological polar surface area (TPSA) is 9.23 Å². The molecule has 0 aromatic heterocycles. The highest BCUT2D eigenvalue weighted by Gasteiger charge is 2.22. The molecule has 1 fully saturated rings. The van der Waals surface area contributed by atoms with Gasteiger partial charge in [-0.1, -0.05) is 19.8 Å². The van der Waals surface area contributed by atoms with Crippen LogP contribution in [-0.2, 0) is 4.74 Å². The van der Waals surface area contributed by atoms with Crippen LogP contribution >= 0.6 is 11.6 Å². The monoisotopic (exact) mass is 176 g/mol. The SMILES string of the molecule is CCCC[C@@H]1COCC[C@H]1Cl. The van der Waals surface area contributed by atoms with Crippen molar-refractivity contribution in [2.24, 2.45) is 5.92 Å². The molecular formula is C9H17ClO. The molecule has 11 heavy (non-hydrogen) atoms. The zero-order valence-electron chi connectivity index (χ0n) is 7.18. The summed E-state index contributed by atoms with van der Waals surface area (Å²) in [6, 6.07) is 0. The summed E-state index contributed by atoms with van der Waals surface area (Å²) in [5.74, 6) is 0.616. The third-order valence-electron chi connectivity index (χ3n) is 2.31. The van der Waals surface area contributed by atoms with Crippen LogP contribution in [0.1, 0.15) is 32.6 Å². The van der Waals surface area contributed by atoms with Gasteiger partial charge in [-0.2, -0.15) is 0 Å². The molecule has 0 unspecified atom stereocenters. The minimum Gasteiger partial charge on any atom is -0.381 e. The van der Waals surface area contributed by atoms with E-state index in [0.29, 0.717) is 11.3 Å². The largest absolute Gasteiger partial charge is 0.381 e. The van der Waals surface area contributed by atoms with Gasteiger partial charge in [0.1, 0.15) is 0 Å². The zero-order chi connectivity index (χ0) is 8.10. The molecule has 0 bridgehead atoms. The number of alkyl halides is 1. The van der Waals surface area contributed by atoms with Gasteiger partial charge in [-0.05, 0) is 18.8 Å². The number of ether oxygens (including phenoxy) is 1. The molecule has 1 rings (SSSR count). The van der Waals surface area contributed by atoms with Gasteiger partial charge in [0.05, 0.1) is 6.61 Å². The second-order valence-electron chi connectivity index (χ2n) is 3.28. The van der Waals surface area contributed by atoms with E-state index in [2.05, 4.69) is 6.92 Å². The molecule has 1 aliphatic rings. The Kier molecular flexibility index (Phi) is 4.24. The van der Waals surface area contributed by atoms with E-state index in [9.17, 15) is 0 Å². The first-order valence-corrected chi connectivity index (χ1v) is 5.00. The fourth-order valence-corrected chi connectivity index (χ4v) is 1.79. The fourth-order valence-electron chi connectivity index (χ4n) is 1.50. The van der Waals surface area contributed by atoms with Crippen LogP contribution in [0.4, 0.5) is 0 Å². The molecule has 0 radical (unpaired) electrons. The molecule has 0 N–H and O–H groups in total. The third-order valence-corrected chi connectivity index (χ3v) is 2.88. The lowest BCUT2D eigenvalue weighted by atomic mass is 9.96. The number of rotatable bonds is 3. The van der Waals surface area contributed by atoms with Crippen LogP contribution in [0, 0.1) is 5.92 Å². The minimum absolute atomic E-state index is 0.371. The van der Waals surface area contributed by atoms with Crippen molar-refractivity contribution < 1.29 is 4.74 Å². The Labute approximate surface area is 74.1 Å². The predicted molar refractivity (Wildman–Crippen MR) is 48.1 cm³/mol. The summed E-state index contributed by atoms with van der Waals surface area (Å²) in [4.78, 5) is 0. The lowest BCUT2D eigenvalue weighted by Gasteiger charge is -2.26. The molecule has 0 amide bonds. The lowest BCUT2D eigenvalue weighted by molar-refractivity contribution is 0.0537. The maximum absolute atomic E-state index is 6.14. The van der Waals surface area contributed by atoms with E-state index in [0.717, 1.165) is 19.6 Å². The van der Waals surface area contributed by atoms with E-state index in [1.54, 1.807) is 0 Å². The van der Waals surface area contributed by atoms with Gasteiger partial charge in [0.25, 0.3) is 0 Å². The normalized spacial score (nSPS) is 32.2. The summed E-state index contributed by atoms with van der Waals surface area (Å²) in [6.07, 6.45) is 4.83. The van der Waals surface area contributed by atoms with Crippen molar-refractivity contribution in [2.45, 2.75) is 38.0 Å². The van der Waals surface area contributed by atoms with Gasteiger partial charge >= 0.3 is 0 Å². The molecule has 0 aliphatic carbocycles. The number of hydrogen-bond donors (Lipinski definition) is 0. The molecular weight excluding hydrogens is 160 g/mol. The fraction of sp³-hybridized carbons (Fsp3) is 1.00. The van der Waals surface area contributed by atoms with E-state index < -0.39 is 0 Å². The molecule has 2 atom stereocenters. The molecule has 0 saturated carbocycles. The maximum Gasteiger partial charge on any atom is 0.0508 e. The van der Waals surface area contributed by atoms with Crippen LogP contribution in [0.5, 0.6) is 0 Å². The number of hydrogen-bond acceptors (Lipinski definition) is 1. The van der Waals surface area contributed by atoms with Gasteiger partial charge < -0.3 is 4.74 Å². The van der Waals surface area contributed by atoms with Crippen LogP contribution in [0.15, 0.2) is 0 Å². The van der Waals surface area contributed by atoms with Crippen molar-refractivity contribution in [1.29, 1.82) is 0 Å². The highest BCUT2D eigenvalue weighted by molar-refractivity contribution is 6.20. The van der Waals surface area contributed by atoms with Crippen molar-refractivity contribution in [1.82, 2.24) is 0 Å². The van der Waals surface area contributed by atoms with Crippen molar-refractivity contribution >= 4 is 11.6 Å². The molecule has 0 aromatic rings. The van der Waals surface area contributed by atoms with E-state index in [4.69, 9.17) is 16.3 Å². The number of halogens is 1. The Balaban J connectivity index is 2.18. The molecule has 0 aromatic carbocycles. The van der Waals surface area contributed by atoms with E-state index >= 15 is 0 Å². The van der Waals surface area contributed by atoms with E-state index in [-0.39, 0.29) is 0 Å². The summed E-state index contributed by atoms with van der Waals surface area (Å²) in [6.45, 7) is 3.96. The predicted octanol–water partition coefficient (Wildman–Crippen LogP) is 2.82. The average Bonchev–Trinajstić information content (AvgIpc) is 2.03. The summed E-state index contributed by atoms with van der Waals surface area (Å²) in [5.41, 5.74) is 0. The Hall–Kier alpha value is 0.250. The van der Waals surface area contributed by atoms with Crippen LogP contribution in [0.3, 0.4) is 0 Å². The Morgan fingerprint density at radius 1 is 1.55 bits per heavy atom. The maximum atomic E-state index is 6.14. The van der Waals surface area contributed by atoms with Gasteiger partial charge in [0.15, 0.2) is 0 Å². The molecule has 2 heteroatoms. The second-order valence-corrected chi connectivity index (χ2v) is 3.84. The molecule has 0 spiro atoms. The van der Waals surface area contributed by atoms with Crippen molar-refractivity contribution in [3.63, 3.8) is 0 Å². The summed E-state index contributed by atoms with van der Waals surface area (Å²) in [7, 11) is 0. The Bertz CT molecular complexity index is 106. The molecule has 1 saturated heterocycles. The van der Waals surface area contributed by atoms with Crippen LogP contribution in [0.25, 0.3) is 0 Å². The van der Waals surface area contributed by atoms with Crippen molar-refractivity contribution in [3.8, 4) is 0 Å². The molecule has 66 valence electrons. The van der Waals surface area contributed by atoms with Crippen LogP contribution < -0.4 is 0 Å².